The summed E-state index contributed by atoms with van der Waals surface area (Å²) in [5, 5.41) is 2.85. The van der Waals surface area contributed by atoms with Crippen LogP contribution in [0.1, 0.15) is 46.3 Å². The Morgan fingerprint density at radius 3 is 2.72 bits per heavy atom. The monoisotopic (exact) mass is 413 g/mol. The maximum Gasteiger partial charge on any atom is 0.258 e. The second kappa shape index (κ2) is 8.51. The predicted molar refractivity (Wildman–Crippen MR) is 110 cm³/mol. The van der Waals surface area contributed by atoms with Gasteiger partial charge < -0.3 is 14.5 Å². The Kier molecular flexibility index (Phi) is 5.82. The number of thioether (sulfide) groups is 1. The topological polar surface area (TPSA) is 93.8 Å². The molecule has 8 heteroatoms. The van der Waals surface area contributed by atoms with Gasteiger partial charge >= 0.3 is 0 Å². The summed E-state index contributed by atoms with van der Waals surface area (Å²) < 4.78 is 10.9. The Morgan fingerprint density at radius 1 is 1.24 bits per heavy atom. The smallest absolute Gasteiger partial charge is 0.258 e. The summed E-state index contributed by atoms with van der Waals surface area (Å²) in [6, 6.07) is 4.95. The van der Waals surface area contributed by atoms with Crippen LogP contribution in [0.5, 0.6) is 0 Å². The normalized spacial score (nSPS) is 22.3. The summed E-state index contributed by atoms with van der Waals surface area (Å²) in [7, 11) is 0. The third-order valence-electron chi connectivity index (χ3n) is 5.34. The van der Waals surface area contributed by atoms with Gasteiger partial charge in [-0.25, -0.2) is 4.99 Å². The molecule has 1 amide bonds. The molecule has 0 spiro atoms. The number of ether oxygens (including phenoxy) is 1. The molecule has 7 nitrogen and oxygen atoms in total. The summed E-state index contributed by atoms with van der Waals surface area (Å²) >= 11 is 1.30. The lowest BCUT2D eigenvalue weighted by atomic mass is 9.90. The van der Waals surface area contributed by atoms with E-state index >= 15 is 0 Å². The minimum atomic E-state index is -0.446. The average molecular weight is 413 g/mol. The van der Waals surface area contributed by atoms with Gasteiger partial charge in [-0.1, -0.05) is 11.8 Å². The zero-order valence-corrected chi connectivity index (χ0v) is 17.2. The minimum Gasteiger partial charge on any atom is -0.467 e. The number of carbonyl (C=O) groups excluding carboxylic acids is 2. The molecular formula is C21H23N3O4S. The number of aryl methyl sites for hydroxylation is 2. The number of hydrogen-bond acceptors (Lipinski definition) is 7. The molecule has 29 heavy (non-hydrogen) atoms. The molecule has 0 aromatic carbocycles. The number of amides is 1. The number of nitrogens with one attached hydrogen (secondary N) is 1. The van der Waals surface area contributed by atoms with Crippen molar-refractivity contribution in [1.82, 2.24) is 10.3 Å². The van der Waals surface area contributed by atoms with Crippen LogP contribution in [0, 0.1) is 19.8 Å². The van der Waals surface area contributed by atoms with Gasteiger partial charge in [-0.15, -0.1) is 0 Å². The van der Waals surface area contributed by atoms with Gasteiger partial charge in [0.25, 0.3) is 5.91 Å². The number of rotatable bonds is 4. The molecule has 1 fully saturated rings. The van der Waals surface area contributed by atoms with Crippen LogP contribution >= 0.6 is 11.8 Å². The van der Waals surface area contributed by atoms with Crippen LogP contribution in [-0.4, -0.2) is 40.3 Å². The maximum absolute atomic E-state index is 13.2. The lowest BCUT2D eigenvalue weighted by Crippen LogP contribution is -2.33. The number of amidine groups is 1. The summed E-state index contributed by atoms with van der Waals surface area (Å²) in [6.07, 6.45) is 4.56. The number of nitrogens with zero attached hydrogens (tertiary/aromatic N) is 2. The van der Waals surface area contributed by atoms with Gasteiger partial charge in [0.15, 0.2) is 11.0 Å². The molecule has 4 heterocycles. The van der Waals surface area contributed by atoms with E-state index in [2.05, 4.69) is 15.3 Å². The maximum atomic E-state index is 13.2. The Balaban J connectivity index is 1.53. The molecule has 1 saturated heterocycles. The van der Waals surface area contributed by atoms with Crippen LogP contribution < -0.4 is 5.32 Å². The van der Waals surface area contributed by atoms with Crippen molar-refractivity contribution in [3.63, 3.8) is 0 Å². The lowest BCUT2D eigenvalue weighted by Gasteiger charge is -2.24. The molecule has 2 aromatic rings. The number of hydrogen-bond donors (Lipinski definition) is 1. The zero-order chi connectivity index (χ0) is 20.4. The molecule has 1 N–H and O–H groups in total. The van der Waals surface area contributed by atoms with Gasteiger partial charge in [-0.3, -0.25) is 14.6 Å². The number of furan rings is 1. The van der Waals surface area contributed by atoms with E-state index in [0.717, 1.165) is 24.1 Å². The predicted octanol–water partition coefficient (Wildman–Crippen LogP) is 3.23. The van der Waals surface area contributed by atoms with Gasteiger partial charge in [0.2, 0.25) is 0 Å². The fourth-order valence-corrected chi connectivity index (χ4v) is 4.71. The summed E-state index contributed by atoms with van der Waals surface area (Å²) in [6.45, 7) is 5.01. The first-order valence-electron chi connectivity index (χ1n) is 9.67. The molecule has 2 unspecified atom stereocenters. The molecule has 152 valence electrons. The Morgan fingerprint density at radius 2 is 2.03 bits per heavy atom. The molecule has 2 aromatic heterocycles. The molecule has 0 radical (unpaired) electrons. The average Bonchev–Trinajstić information content (AvgIpc) is 3.40. The highest BCUT2D eigenvalue weighted by Crippen LogP contribution is 2.40. The number of aliphatic imine (C=N–C) groups is 1. The quantitative estimate of drug-likeness (QED) is 0.827. The number of carbonyl (C=O) groups is 2. The van der Waals surface area contributed by atoms with Crippen LogP contribution in [0.4, 0.5) is 0 Å². The van der Waals surface area contributed by atoms with E-state index in [4.69, 9.17) is 9.15 Å². The van der Waals surface area contributed by atoms with Crippen LogP contribution in [0.3, 0.4) is 0 Å². The second-order valence-corrected chi connectivity index (χ2v) is 8.43. The van der Waals surface area contributed by atoms with Crippen LogP contribution in [0.2, 0.25) is 0 Å². The lowest BCUT2D eigenvalue weighted by molar-refractivity contribution is -0.125. The molecule has 2 aliphatic heterocycles. The van der Waals surface area contributed by atoms with E-state index in [1.54, 1.807) is 24.6 Å². The van der Waals surface area contributed by atoms with Gasteiger partial charge in [-0.2, -0.15) is 0 Å². The third kappa shape index (κ3) is 4.28. The van der Waals surface area contributed by atoms with E-state index < -0.39 is 11.3 Å². The molecule has 0 saturated carbocycles. The van der Waals surface area contributed by atoms with Crippen molar-refractivity contribution in [3.8, 4) is 0 Å². The third-order valence-corrected chi connectivity index (χ3v) is 6.52. The van der Waals surface area contributed by atoms with Crippen LogP contribution in [0.25, 0.3) is 0 Å². The first-order valence-corrected chi connectivity index (χ1v) is 10.5. The highest BCUT2D eigenvalue weighted by molar-refractivity contribution is 8.15. The van der Waals surface area contributed by atoms with E-state index in [-0.39, 0.29) is 17.6 Å². The van der Waals surface area contributed by atoms with Gasteiger partial charge in [-0.05, 0) is 50.5 Å². The minimum absolute atomic E-state index is 0.0482. The zero-order valence-electron chi connectivity index (χ0n) is 16.4. The van der Waals surface area contributed by atoms with E-state index in [1.807, 2.05) is 19.9 Å². The molecule has 2 aliphatic rings. The van der Waals surface area contributed by atoms with Crippen molar-refractivity contribution in [2.24, 2.45) is 10.9 Å². The van der Waals surface area contributed by atoms with Gasteiger partial charge in [0.05, 0.1) is 11.8 Å². The first-order chi connectivity index (χ1) is 14.0. The van der Waals surface area contributed by atoms with Crippen molar-refractivity contribution < 1.29 is 18.7 Å². The van der Waals surface area contributed by atoms with Crippen LogP contribution in [-0.2, 0) is 9.53 Å². The Bertz CT molecular complexity index is 935. The number of ketones is 1. The van der Waals surface area contributed by atoms with Gasteiger partial charge in [0.1, 0.15) is 17.1 Å². The van der Waals surface area contributed by atoms with E-state index in [0.29, 0.717) is 29.7 Å². The van der Waals surface area contributed by atoms with Crippen molar-refractivity contribution in [2.45, 2.75) is 38.0 Å². The largest absolute Gasteiger partial charge is 0.467 e. The van der Waals surface area contributed by atoms with Crippen molar-refractivity contribution >= 4 is 28.6 Å². The van der Waals surface area contributed by atoms with Crippen molar-refractivity contribution in [2.75, 3.05) is 13.2 Å². The standard InChI is InChI=1S/C21H23N3O4S/c1-12-10-15(11-22-13(12)2)20(26)24-21-23-17(16-4-3-7-28-16)19(29-21)18(25)14-5-8-27-9-6-14/h3-4,7,10-11,14,17,19H,5-6,8-9H2,1-2H3,(H,23,24,26). The van der Waals surface area contributed by atoms with Crippen LogP contribution in [0.15, 0.2) is 40.1 Å². The first kappa shape index (κ1) is 19.8. The number of Topliss-reactive ketones (excluding diaryl/α,β-unsaturated/α-hetero) is 1. The summed E-state index contributed by atoms with van der Waals surface area (Å²) in [5.74, 6) is 0.428. The fraction of sp³-hybridized carbons (Fsp3) is 0.429. The molecule has 4 rings (SSSR count). The molecule has 0 bridgehead atoms. The van der Waals surface area contributed by atoms with E-state index in [1.165, 1.54) is 11.8 Å². The highest BCUT2D eigenvalue weighted by Gasteiger charge is 2.41. The van der Waals surface area contributed by atoms with Crippen molar-refractivity contribution in [3.05, 3.63) is 53.2 Å². The molecular weight excluding hydrogens is 390 g/mol. The summed E-state index contributed by atoms with van der Waals surface area (Å²) in [4.78, 5) is 34.7. The molecule has 2 atom stereocenters. The second-order valence-electron chi connectivity index (χ2n) is 7.30. The van der Waals surface area contributed by atoms with E-state index in [9.17, 15) is 9.59 Å². The Labute approximate surface area is 173 Å². The Hall–Kier alpha value is -2.45. The summed E-state index contributed by atoms with van der Waals surface area (Å²) in [5.41, 5.74) is 2.29. The molecule has 0 aliphatic carbocycles. The number of pyridine rings is 1. The van der Waals surface area contributed by atoms with Gasteiger partial charge in [0, 0.05) is 31.0 Å². The van der Waals surface area contributed by atoms with Crippen molar-refractivity contribution in [1.29, 1.82) is 0 Å². The fourth-order valence-electron chi connectivity index (χ4n) is 3.51. The highest BCUT2D eigenvalue weighted by atomic mass is 32.2. The SMILES string of the molecule is Cc1cc(C(=O)NC2=NC(c3ccco3)C(C(=O)C3CCOCC3)S2)cnc1C. The number of aromatic nitrogens is 1.